The second kappa shape index (κ2) is 5.25. The molecule has 1 unspecified atom stereocenters. The fourth-order valence-electron chi connectivity index (χ4n) is 3.04. The fourth-order valence-corrected chi connectivity index (χ4v) is 3.04. The summed E-state index contributed by atoms with van der Waals surface area (Å²) in [6.07, 6.45) is 2.98. The lowest BCUT2D eigenvalue weighted by Gasteiger charge is -2.41. The third-order valence-electron chi connectivity index (χ3n) is 3.90. The molecular formula is C15H26N2O2. The molecule has 4 heteroatoms. The summed E-state index contributed by atoms with van der Waals surface area (Å²) in [5, 5.41) is 15.4. The summed E-state index contributed by atoms with van der Waals surface area (Å²) in [6.45, 7) is 9.78. The van der Waals surface area contributed by atoms with Crippen LogP contribution in [0.15, 0.2) is 6.07 Å². The van der Waals surface area contributed by atoms with Crippen molar-refractivity contribution in [3.05, 3.63) is 17.5 Å². The Morgan fingerprint density at radius 2 is 2.16 bits per heavy atom. The molecule has 1 aliphatic heterocycles. The average Bonchev–Trinajstić information content (AvgIpc) is 2.68. The van der Waals surface area contributed by atoms with Gasteiger partial charge in [-0.3, -0.25) is 4.68 Å². The van der Waals surface area contributed by atoms with E-state index in [1.54, 1.807) is 0 Å². The molecule has 0 amide bonds. The van der Waals surface area contributed by atoms with Crippen LogP contribution in [0.1, 0.15) is 51.9 Å². The zero-order chi connectivity index (χ0) is 14.1. The fraction of sp³-hybridized carbons (Fsp3) is 0.800. The lowest BCUT2D eigenvalue weighted by atomic mass is 9.81. The van der Waals surface area contributed by atoms with Gasteiger partial charge in [0, 0.05) is 25.1 Å². The lowest BCUT2D eigenvalue weighted by Crippen LogP contribution is -2.47. The number of aromatic nitrogens is 2. The van der Waals surface area contributed by atoms with Crippen LogP contribution >= 0.6 is 0 Å². The van der Waals surface area contributed by atoms with Gasteiger partial charge in [0.05, 0.1) is 23.5 Å². The highest BCUT2D eigenvalue weighted by Crippen LogP contribution is 2.34. The maximum absolute atomic E-state index is 10.8. The standard InChI is InChI=1S/C15H26N2O2/c1-5-12-9-13(17(6-2)16-12)10-15(18)7-8-19-14(3,4)11-15/h9,18H,5-8,10-11H2,1-4H3. The van der Waals surface area contributed by atoms with E-state index in [0.29, 0.717) is 25.9 Å². The molecule has 1 N–H and O–H groups in total. The monoisotopic (exact) mass is 266 g/mol. The van der Waals surface area contributed by atoms with Crippen molar-refractivity contribution in [1.82, 2.24) is 9.78 Å². The third kappa shape index (κ3) is 3.37. The Hall–Kier alpha value is -0.870. The van der Waals surface area contributed by atoms with Crippen LogP contribution in [0.25, 0.3) is 0 Å². The third-order valence-corrected chi connectivity index (χ3v) is 3.90. The van der Waals surface area contributed by atoms with Crippen molar-refractivity contribution >= 4 is 0 Å². The second-order valence-electron chi connectivity index (χ2n) is 6.23. The topological polar surface area (TPSA) is 47.3 Å². The zero-order valence-corrected chi connectivity index (χ0v) is 12.6. The van der Waals surface area contributed by atoms with Crippen LogP contribution in [0.5, 0.6) is 0 Å². The summed E-state index contributed by atoms with van der Waals surface area (Å²) in [4.78, 5) is 0. The SMILES string of the molecule is CCc1cc(CC2(O)CCOC(C)(C)C2)n(CC)n1. The summed E-state index contributed by atoms with van der Waals surface area (Å²) in [6, 6.07) is 2.13. The highest BCUT2D eigenvalue weighted by molar-refractivity contribution is 5.14. The Balaban J connectivity index is 2.17. The van der Waals surface area contributed by atoms with E-state index in [4.69, 9.17) is 4.74 Å². The molecule has 2 rings (SSSR count). The molecule has 1 aromatic rings. The van der Waals surface area contributed by atoms with E-state index in [-0.39, 0.29) is 5.60 Å². The first kappa shape index (κ1) is 14.5. The predicted molar refractivity (Wildman–Crippen MR) is 75.2 cm³/mol. The minimum Gasteiger partial charge on any atom is -0.389 e. The number of rotatable bonds is 4. The molecular weight excluding hydrogens is 240 g/mol. The van der Waals surface area contributed by atoms with E-state index >= 15 is 0 Å². The Morgan fingerprint density at radius 3 is 2.74 bits per heavy atom. The molecule has 0 aromatic carbocycles. The van der Waals surface area contributed by atoms with E-state index < -0.39 is 5.60 Å². The van der Waals surface area contributed by atoms with Crippen molar-refractivity contribution in [3.8, 4) is 0 Å². The van der Waals surface area contributed by atoms with Crippen LogP contribution in [-0.4, -0.2) is 32.7 Å². The van der Waals surface area contributed by atoms with Crippen molar-refractivity contribution in [2.45, 2.75) is 71.1 Å². The van der Waals surface area contributed by atoms with Crippen molar-refractivity contribution in [3.63, 3.8) is 0 Å². The van der Waals surface area contributed by atoms with Crippen molar-refractivity contribution in [2.75, 3.05) is 6.61 Å². The number of nitrogens with zero attached hydrogens (tertiary/aromatic N) is 2. The Kier molecular flexibility index (Phi) is 4.02. The smallest absolute Gasteiger partial charge is 0.0752 e. The summed E-state index contributed by atoms with van der Waals surface area (Å²) in [5.41, 5.74) is 1.34. The molecule has 1 saturated heterocycles. The van der Waals surface area contributed by atoms with Gasteiger partial charge in [0.2, 0.25) is 0 Å². The molecule has 4 nitrogen and oxygen atoms in total. The van der Waals surface area contributed by atoms with Gasteiger partial charge in [0.1, 0.15) is 0 Å². The van der Waals surface area contributed by atoms with Crippen LogP contribution < -0.4 is 0 Å². The minimum atomic E-state index is -0.667. The molecule has 0 aliphatic carbocycles. The Morgan fingerprint density at radius 1 is 1.42 bits per heavy atom. The normalized spacial score (nSPS) is 26.6. The molecule has 108 valence electrons. The molecule has 1 aromatic heterocycles. The van der Waals surface area contributed by atoms with Gasteiger partial charge in [-0.25, -0.2) is 0 Å². The molecule has 1 aliphatic rings. The molecule has 0 radical (unpaired) electrons. The van der Waals surface area contributed by atoms with Gasteiger partial charge in [-0.2, -0.15) is 5.10 Å². The maximum Gasteiger partial charge on any atom is 0.0752 e. The van der Waals surface area contributed by atoms with E-state index in [9.17, 15) is 5.11 Å². The van der Waals surface area contributed by atoms with E-state index in [1.165, 1.54) is 0 Å². The van der Waals surface area contributed by atoms with Crippen LogP contribution in [0.3, 0.4) is 0 Å². The van der Waals surface area contributed by atoms with E-state index in [0.717, 1.165) is 24.4 Å². The highest BCUT2D eigenvalue weighted by atomic mass is 16.5. The number of ether oxygens (including phenoxy) is 1. The van der Waals surface area contributed by atoms with Crippen LogP contribution in [-0.2, 0) is 24.1 Å². The van der Waals surface area contributed by atoms with Gasteiger partial charge in [-0.05, 0) is 39.7 Å². The molecule has 19 heavy (non-hydrogen) atoms. The van der Waals surface area contributed by atoms with Gasteiger partial charge < -0.3 is 9.84 Å². The van der Waals surface area contributed by atoms with Crippen LogP contribution in [0, 0.1) is 0 Å². The van der Waals surface area contributed by atoms with Crippen LogP contribution in [0.4, 0.5) is 0 Å². The van der Waals surface area contributed by atoms with E-state index in [2.05, 4.69) is 25.0 Å². The molecule has 1 atom stereocenters. The zero-order valence-electron chi connectivity index (χ0n) is 12.6. The number of hydrogen-bond acceptors (Lipinski definition) is 3. The Labute approximate surface area is 115 Å². The van der Waals surface area contributed by atoms with Gasteiger partial charge >= 0.3 is 0 Å². The first-order valence-corrected chi connectivity index (χ1v) is 7.29. The largest absolute Gasteiger partial charge is 0.389 e. The summed E-state index contributed by atoms with van der Waals surface area (Å²) in [7, 11) is 0. The number of hydrogen-bond donors (Lipinski definition) is 1. The molecule has 0 saturated carbocycles. The average molecular weight is 266 g/mol. The van der Waals surface area contributed by atoms with Crippen molar-refractivity contribution in [2.24, 2.45) is 0 Å². The van der Waals surface area contributed by atoms with Crippen molar-refractivity contribution < 1.29 is 9.84 Å². The van der Waals surface area contributed by atoms with Gasteiger partial charge in [0.25, 0.3) is 0 Å². The lowest BCUT2D eigenvalue weighted by molar-refractivity contribution is -0.143. The maximum atomic E-state index is 10.8. The summed E-state index contributed by atoms with van der Waals surface area (Å²) < 4.78 is 7.71. The molecule has 2 heterocycles. The van der Waals surface area contributed by atoms with Gasteiger partial charge in [0.15, 0.2) is 0 Å². The Bertz CT molecular complexity index is 439. The minimum absolute atomic E-state index is 0.238. The van der Waals surface area contributed by atoms with Gasteiger partial charge in [-0.1, -0.05) is 6.92 Å². The predicted octanol–water partition coefficient (Wildman–Crippen LogP) is 2.33. The quantitative estimate of drug-likeness (QED) is 0.910. The molecule has 0 bridgehead atoms. The van der Waals surface area contributed by atoms with Gasteiger partial charge in [-0.15, -0.1) is 0 Å². The first-order valence-electron chi connectivity index (χ1n) is 7.29. The summed E-state index contributed by atoms with van der Waals surface area (Å²) in [5.74, 6) is 0. The first-order chi connectivity index (χ1) is 8.87. The van der Waals surface area contributed by atoms with E-state index in [1.807, 2.05) is 18.5 Å². The van der Waals surface area contributed by atoms with Crippen molar-refractivity contribution in [1.29, 1.82) is 0 Å². The second-order valence-corrected chi connectivity index (χ2v) is 6.23. The molecule has 1 fully saturated rings. The number of aliphatic hydroxyl groups is 1. The summed E-state index contributed by atoms with van der Waals surface area (Å²) >= 11 is 0. The number of aryl methyl sites for hydroxylation is 2. The highest BCUT2D eigenvalue weighted by Gasteiger charge is 2.40. The molecule has 0 spiro atoms. The van der Waals surface area contributed by atoms with Crippen LogP contribution in [0.2, 0.25) is 0 Å².